The lowest BCUT2D eigenvalue weighted by molar-refractivity contribution is -0.860. The predicted molar refractivity (Wildman–Crippen MR) is 100 cm³/mol. The third-order valence-corrected chi connectivity index (χ3v) is 4.77. The summed E-state index contributed by atoms with van der Waals surface area (Å²) in [4.78, 5) is 30.8. The van der Waals surface area contributed by atoms with Crippen molar-refractivity contribution in [2.75, 3.05) is 36.0 Å². The van der Waals surface area contributed by atoms with E-state index in [9.17, 15) is 35.9 Å². The van der Waals surface area contributed by atoms with Crippen molar-refractivity contribution < 1.29 is 45.5 Å². The number of hydrogen-bond acceptors (Lipinski definition) is 5. The van der Waals surface area contributed by atoms with Crippen LogP contribution in [0.15, 0.2) is 48.7 Å². The van der Waals surface area contributed by atoms with Gasteiger partial charge in [0.2, 0.25) is 0 Å². The number of nitrogens with zero attached hydrogens (tertiary/aromatic N) is 3. The predicted octanol–water partition coefficient (Wildman–Crippen LogP) is 2.95. The Labute approximate surface area is 178 Å². The Hall–Kier alpha value is -3.31. The molecule has 1 aliphatic rings. The molecule has 6 nitrogen and oxygen atoms in total. The molecule has 0 radical (unpaired) electrons. The van der Waals surface area contributed by atoms with Crippen molar-refractivity contribution in [3.8, 4) is 0 Å². The van der Waals surface area contributed by atoms with E-state index in [1.165, 1.54) is 0 Å². The van der Waals surface area contributed by atoms with Gasteiger partial charge in [0.05, 0.1) is 18.7 Å². The van der Waals surface area contributed by atoms with Gasteiger partial charge in [-0.05, 0) is 22.9 Å². The van der Waals surface area contributed by atoms with Crippen molar-refractivity contribution >= 4 is 23.3 Å². The minimum Gasteiger partial charge on any atom is -0.367 e. The van der Waals surface area contributed by atoms with Gasteiger partial charge < -0.3 is 4.90 Å². The maximum atomic E-state index is 12.8. The molecule has 2 heterocycles. The van der Waals surface area contributed by atoms with E-state index in [0.717, 1.165) is 17.8 Å². The number of halogens is 6. The number of carbonyl (C=O) groups is 2. The normalized spacial score (nSPS) is 15.3. The molecule has 1 aromatic heterocycles. The van der Waals surface area contributed by atoms with Crippen LogP contribution in [-0.4, -0.2) is 50.3 Å². The number of aromatic nitrogens is 1. The van der Waals surface area contributed by atoms with Crippen molar-refractivity contribution in [1.82, 2.24) is 0 Å². The second-order valence-corrected chi connectivity index (χ2v) is 6.97. The Kier molecular flexibility index (Phi) is 6.60. The monoisotopic (exact) mass is 462 g/mol. The van der Waals surface area contributed by atoms with Gasteiger partial charge in [0.15, 0.2) is 0 Å². The summed E-state index contributed by atoms with van der Waals surface area (Å²) in [5.41, 5.74) is -0.0196. The summed E-state index contributed by atoms with van der Waals surface area (Å²) >= 11 is 0. The van der Waals surface area contributed by atoms with E-state index < -0.39 is 29.7 Å². The van der Waals surface area contributed by atoms with Crippen LogP contribution in [0.3, 0.4) is 0 Å². The van der Waals surface area contributed by atoms with E-state index in [0.29, 0.717) is 32.3 Å². The maximum Gasteiger partial charge on any atom is 0.495 e. The van der Waals surface area contributed by atoms with Crippen molar-refractivity contribution in [3.63, 3.8) is 0 Å². The summed E-state index contributed by atoms with van der Waals surface area (Å²) in [6, 6.07) is 11.2. The van der Waals surface area contributed by atoms with Crippen LogP contribution >= 0.6 is 0 Å². The third kappa shape index (κ3) is 5.48. The van der Waals surface area contributed by atoms with Crippen LogP contribution in [0.25, 0.3) is 0 Å². The van der Waals surface area contributed by atoms with Crippen LogP contribution in [0.5, 0.6) is 0 Å². The number of ketones is 1. The van der Waals surface area contributed by atoms with Crippen molar-refractivity contribution in [3.05, 3.63) is 54.2 Å². The molecule has 1 saturated heterocycles. The second-order valence-electron chi connectivity index (χ2n) is 6.97. The molecule has 12 heteroatoms. The molecule has 1 aliphatic heterocycles. The van der Waals surface area contributed by atoms with Crippen LogP contribution in [0, 0.1) is 0 Å². The lowest BCUT2D eigenvalue weighted by atomic mass is 10.2. The van der Waals surface area contributed by atoms with E-state index in [1.807, 2.05) is 35.2 Å². The molecule has 0 aliphatic carbocycles. The first-order valence-electron chi connectivity index (χ1n) is 9.48. The fourth-order valence-corrected chi connectivity index (χ4v) is 3.27. The molecule has 0 saturated carbocycles. The lowest BCUT2D eigenvalue weighted by Gasteiger charge is -2.22. The van der Waals surface area contributed by atoms with Gasteiger partial charge >= 0.3 is 24.1 Å². The van der Waals surface area contributed by atoms with Crippen LogP contribution in [0.1, 0.15) is 16.8 Å². The molecule has 0 bridgehead atoms. The van der Waals surface area contributed by atoms with E-state index >= 15 is 0 Å². The molecular formula is C20H18F6N3O3+. The summed E-state index contributed by atoms with van der Waals surface area (Å²) < 4.78 is 76.7. The van der Waals surface area contributed by atoms with Gasteiger partial charge in [0.25, 0.3) is 5.78 Å². The van der Waals surface area contributed by atoms with Crippen LogP contribution in [0.2, 0.25) is 0 Å². The maximum absolute atomic E-state index is 12.8. The molecule has 0 unspecified atom stereocenters. The number of pyridine rings is 1. The molecule has 3 rings (SSSR count). The second kappa shape index (κ2) is 9.05. The number of carbonyl (C=O) groups excluding carboxylic acids is 2. The van der Waals surface area contributed by atoms with Gasteiger partial charge in [-0.3, -0.25) is 9.69 Å². The molecule has 1 fully saturated rings. The average Bonchev–Trinajstić information content (AvgIpc) is 2.98. The topological polar surface area (TPSA) is 53.7 Å². The highest BCUT2D eigenvalue weighted by molar-refractivity contribution is 5.99. The zero-order valence-electron chi connectivity index (χ0n) is 16.5. The van der Waals surface area contributed by atoms with Gasteiger partial charge in [0, 0.05) is 24.7 Å². The first-order chi connectivity index (χ1) is 15.0. The highest BCUT2D eigenvalue weighted by atomic mass is 19.4. The van der Waals surface area contributed by atoms with Crippen LogP contribution < -0.4 is 19.4 Å². The van der Waals surface area contributed by atoms with E-state index in [2.05, 4.69) is 4.84 Å². The molecule has 0 amide bonds. The Balaban J connectivity index is 1.90. The standard InChI is InChI=1S/C20H18F6N3O3/c21-19(22,23)17(30)14-7-8-16(29(13-14)32-18(31)20(24,25)26)28-10-4-9-27(11-12-28)15-5-2-1-3-6-15/h1-3,5-8,13H,4,9-12H2/q+1. The average molecular weight is 462 g/mol. The zero-order valence-corrected chi connectivity index (χ0v) is 16.5. The first kappa shape index (κ1) is 23.4. The Morgan fingerprint density at radius 3 is 2.06 bits per heavy atom. The number of anilines is 2. The van der Waals surface area contributed by atoms with Gasteiger partial charge in [-0.25, -0.2) is 9.63 Å². The zero-order chi connectivity index (χ0) is 23.5. The summed E-state index contributed by atoms with van der Waals surface area (Å²) in [7, 11) is 0. The van der Waals surface area contributed by atoms with Crippen LogP contribution in [0.4, 0.5) is 37.8 Å². The Morgan fingerprint density at radius 2 is 1.44 bits per heavy atom. The SMILES string of the molecule is O=C(O[n+]1cc(C(=O)C(F)(F)F)ccc1N1CCCN(c2ccccc2)CC1)C(F)(F)F. The third-order valence-electron chi connectivity index (χ3n) is 4.77. The number of para-hydroxylation sites is 1. The summed E-state index contributed by atoms with van der Waals surface area (Å²) in [6.45, 7) is 1.71. The fraction of sp³-hybridized carbons (Fsp3) is 0.350. The van der Waals surface area contributed by atoms with Gasteiger partial charge in [-0.1, -0.05) is 18.2 Å². The van der Waals surface area contributed by atoms with E-state index in [-0.39, 0.29) is 17.1 Å². The minimum absolute atomic E-state index is 0.0868. The molecule has 32 heavy (non-hydrogen) atoms. The molecule has 0 N–H and O–H groups in total. The quantitative estimate of drug-likeness (QED) is 0.398. The van der Waals surface area contributed by atoms with Crippen molar-refractivity contribution in [1.29, 1.82) is 0 Å². The molecule has 1 aromatic carbocycles. The first-order valence-corrected chi connectivity index (χ1v) is 9.48. The van der Waals surface area contributed by atoms with Gasteiger partial charge in [0.1, 0.15) is 12.7 Å². The molecule has 0 spiro atoms. The van der Waals surface area contributed by atoms with Crippen molar-refractivity contribution in [2.45, 2.75) is 18.8 Å². The number of rotatable bonds is 4. The number of Topliss-reactive ketones (excluding diaryl/α,β-unsaturated/α-hetero) is 1. The molecule has 2 aromatic rings. The van der Waals surface area contributed by atoms with Gasteiger partial charge in [-0.2, -0.15) is 26.3 Å². The van der Waals surface area contributed by atoms with Gasteiger partial charge in [-0.15, -0.1) is 0 Å². The Morgan fingerprint density at radius 1 is 0.812 bits per heavy atom. The largest absolute Gasteiger partial charge is 0.495 e. The number of benzene rings is 1. The fourth-order valence-electron chi connectivity index (χ4n) is 3.27. The highest BCUT2D eigenvalue weighted by Crippen LogP contribution is 2.23. The van der Waals surface area contributed by atoms with Crippen LogP contribution in [-0.2, 0) is 4.79 Å². The molecular weight excluding hydrogens is 444 g/mol. The molecule has 0 atom stereocenters. The molecule has 172 valence electrons. The summed E-state index contributed by atoms with van der Waals surface area (Å²) in [6.07, 6.45) is -9.61. The summed E-state index contributed by atoms with van der Waals surface area (Å²) in [5, 5.41) is 0. The summed E-state index contributed by atoms with van der Waals surface area (Å²) in [5.74, 6) is -4.98. The minimum atomic E-state index is -5.38. The highest BCUT2D eigenvalue weighted by Gasteiger charge is 2.45. The number of alkyl halides is 6. The van der Waals surface area contributed by atoms with E-state index in [4.69, 9.17) is 0 Å². The lowest BCUT2D eigenvalue weighted by Crippen LogP contribution is -2.54. The number of hydrogen-bond donors (Lipinski definition) is 0. The van der Waals surface area contributed by atoms with E-state index in [1.54, 1.807) is 4.90 Å². The Bertz CT molecular complexity index is 979. The van der Waals surface area contributed by atoms with Crippen molar-refractivity contribution in [2.24, 2.45) is 0 Å². The smallest absolute Gasteiger partial charge is 0.367 e.